The van der Waals surface area contributed by atoms with Crippen LogP contribution in [0.4, 0.5) is 11.5 Å². The molecule has 0 bridgehead atoms. The summed E-state index contributed by atoms with van der Waals surface area (Å²) in [5.41, 5.74) is 5.98. The zero-order valence-electron chi connectivity index (χ0n) is 21.7. The van der Waals surface area contributed by atoms with Crippen molar-refractivity contribution in [3.8, 4) is 0 Å². The van der Waals surface area contributed by atoms with Crippen molar-refractivity contribution in [3.63, 3.8) is 0 Å². The topological polar surface area (TPSA) is 74.3 Å². The van der Waals surface area contributed by atoms with Crippen LogP contribution in [0.25, 0.3) is 0 Å². The van der Waals surface area contributed by atoms with Gasteiger partial charge in [0.05, 0.1) is 0 Å². The standard InChI is InChI=1S/C29H36N4O2/c1-7-33(8-2)21-12-10-20(11-13-21)26-25(28(35)32-24-14-9-18(3)17-30-24)19(4)31-22-15-29(5,6)16-23(34)27(22)26/h9-14,17,26,31H,7-8,15-16H2,1-6H3,(H,30,32,35). The van der Waals surface area contributed by atoms with Crippen molar-refractivity contribution < 1.29 is 9.59 Å². The first-order valence-electron chi connectivity index (χ1n) is 12.5. The lowest BCUT2D eigenvalue weighted by Crippen LogP contribution is -2.39. The van der Waals surface area contributed by atoms with E-state index in [0.717, 1.165) is 47.7 Å². The number of hydrogen-bond acceptors (Lipinski definition) is 5. The lowest BCUT2D eigenvalue weighted by atomic mass is 9.68. The summed E-state index contributed by atoms with van der Waals surface area (Å²) < 4.78 is 0. The molecule has 2 N–H and O–H groups in total. The number of pyridine rings is 1. The molecule has 6 nitrogen and oxygen atoms in total. The minimum Gasteiger partial charge on any atom is -0.372 e. The largest absolute Gasteiger partial charge is 0.372 e. The smallest absolute Gasteiger partial charge is 0.255 e. The highest BCUT2D eigenvalue weighted by molar-refractivity contribution is 6.09. The van der Waals surface area contributed by atoms with E-state index >= 15 is 0 Å². The molecule has 0 radical (unpaired) electrons. The molecule has 0 saturated carbocycles. The molecule has 1 aliphatic carbocycles. The summed E-state index contributed by atoms with van der Waals surface area (Å²) in [5.74, 6) is -0.0698. The van der Waals surface area contributed by atoms with Crippen molar-refractivity contribution in [2.45, 2.75) is 60.3 Å². The van der Waals surface area contributed by atoms with Crippen molar-refractivity contribution in [1.29, 1.82) is 0 Å². The molecular formula is C29H36N4O2. The first-order valence-corrected chi connectivity index (χ1v) is 12.5. The van der Waals surface area contributed by atoms with Gasteiger partial charge >= 0.3 is 0 Å². The number of Topliss-reactive ketones (excluding diaryl/α,β-unsaturated/α-hetero) is 1. The van der Waals surface area contributed by atoms with Crippen LogP contribution in [0.3, 0.4) is 0 Å². The first kappa shape index (κ1) is 24.7. The number of anilines is 2. The third-order valence-electron chi connectivity index (χ3n) is 6.99. The Kier molecular flexibility index (Phi) is 6.84. The molecule has 2 heterocycles. The summed E-state index contributed by atoms with van der Waals surface area (Å²) >= 11 is 0. The highest BCUT2D eigenvalue weighted by Crippen LogP contribution is 2.46. The zero-order valence-corrected chi connectivity index (χ0v) is 21.7. The average molecular weight is 473 g/mol. The molecule has 1 aromatic carbocycles. The average Bonchev–Trinajstić information content (AvgIpc) is 2.80. The third-order valence-corrected chi connectivity index (χ3v) is 6.99. The van der Waals surface area contributed by atoms with Crippen LogP contribution in [0.15, 0.2) is 65.1 Å². The minimum absolute atomic E-state index is 0.104. The Balaban J connectivity index is 1.78. The summed E-state index contributed by atoms with van der Waals surface area (Å²) in [5, 5.41) is 6.38. The second-order valence-electron chi connectivity index (χ2n) is 10.4. The maximum Gasteiger partial charge on any atom is 0.255 e. The SMILES string of the molecule is CCN(CC)c1ccc(C2C(C(=O)Nc3ccc(C)cn3)=C(C)NC3=C2C(=O)CC(C)(C)C3)cc1. The molecular weight excluding hydrogens is 436 g/mol. The fraction of sp³-hybridized carbons (Fsp3) is 0.414. The van der Waals surface area contributed by atoms with Gasteiger partial charge in [0.2, 0.25) is 0 Å². The number of rotatable bonds is 6. The second kappa shape index (κ2) is 9.68. The Morgan fingerprint density at radius 3 is 2.37 bits per heavy atom. The van der Waals surface area contributed by atoms with Crippen LogP contribution >= 0.6 is 0 Å². The molecule has 35 heavy (non-hydrogen) atoms. The van der Waals surface area contributed by atoms with Crippen LogP contribution in [0.1, 0.15) is 64.5 Å². The molecule has 6 heteroatoms. The summed E-state index contributed by atoms with van der Waals surface area (Å²) in [6.07, 6.45) is 2.97. The van der Waals surface area contributed by atoms with Gasteiger partial charge in [0.15, 0.2) is 5.78 Å². The molecule has 1 amide bonds. The van der Waals surface area contributed by atoms with Crippen molar-refractivity contribution in [1.82, 2.24) is 10.3 Å². The normalized spacial score (nSPS) is 19.3. The van der Waals surface area contributed by atoms with E-state index in [9.17, 15) is 9.59 Å². The maximum absolute atomic E-state index is 13.6. The van der Waals surface area contributed by atoms with Gasteiger partial charge in [-0.05, 0) is 68.9 Å². The fourth-order valence-electron chi connectivity index (χ4n) is 5.26. The summed E-state index contributed by atoms with van der Waals surface area (Å²) in [4.78, 5) is 33.7. The Morgan fingerprint density at radius 1 is 1.09 bits per heavy atom. The van der Waals surface area contributed by atoms with Crippen molar-refractivity contribution in [3.05, 3.63) is 76.3 Å². The van der Waals surface area contributed by atoms with Gasteiger partial charge in [-0.25, -0.2) is 4.98 Å². The molecule has 0 spiro atoms. The highest BCUT2D eigenvalue weighted by Gasteiger charge is 2.42. The molecule has 1 unspecified atom stereocenters. The van der Waals surface area contributed by atoms with E-state index in [-0.39, 0.29) is 17.1 Å². The molecule has 2 aliphatic rings. The third kappa shape index (κ3) is 5.02. The van der Waals surface area contributed by atoms with E-state index in [4.69, 9.17) is 0 Å². The van der Waals surface area contributed by atoms with Crippen LogP contribution in [-0.2, 0) is 9.59 Å². The zero-order chi connectivity index (χ0) is 25.3. The number of aryl methyl sites for hydroxylation is 1. The van der Waals surface area contributed by atoms with Crippen LogP contribution in [0, 0.1) is 12.3 Å². The van der Waals surface area contributed by atoms with Crippen LogP contribution in [0.5, 0.6) is 0 Å². The number of dihydropyridines is 1. The molecule has 0 saturated heterocycles. The lowest BCUT2D eigenvalue weighted by Gasteiger charge is -2.39. The van der Waals surface area contributed by atoms with Crippen LogP contribution in [-0.4, -0.2) is 29.8 Å². The van der Waals surface area contributed by atoms with Gasteiger partial charge in [0, 0.05) is 59.9 Å². The summed E-state index contributed by atoms with van der Waals surface area (Å²) in [6.45, 7) is 14.2. The number of ketones is 1. The highest BCUT2D eigenvalue weighted by atomic mass is 16.2. The number of benzene rings is 1. The molecule has 1 atom stereocenters. The van der Waals surface area contributed by atoms with Crippen molar-refractivity contribution in [2.24, 2.45) is 5.41 Å². The molecule has 1 aromatic heterocycles. The Bertz CT molecular complexity index is 1190. The van der Waals surface area contributed by atoms with Crippen molar-refractivity contribution >= 4 is 23.2 Å². The monoisotopic (exact) mass is 472 g/mol. The summed E-state index contributed by atoms with van der Waals surface area (Å²) in [7, 11) is 0. The predicted molar refractivity (Wildman–Crippen MR) is 141 cm³/mol. The number of nitrogens with one attached hydrogen (secondary N) is 2. The number of amides is 1. The van der Waals surface area contributed by atoms with E-state index in [2.05, 4.69) is 72.5 Å². The molecule has 1 aliphatic heterocycles. The number of carbonyl (C=O) groups excluding carboxylic acids is 2. The van der Waals surface area contributed by atoms with E-state index in [0.29, 0.717) is 23.4 Å². The number of hydrogen-bond donors (Lipinski definition) is 2. The first-order chi connectivity index (χ1) is 16.6. The van der Waals surface area contributed by atoms with E-state index in [1.807, 2.05) is 19.9 Å². The van der Waals surface area contributed by atoms with E-state index < -0.39 is 5.92 Å². The van der Waals surface area contributed by atoms with Gasteiger partial charge in [0.1, 0.15) is 5.82 Å². The summed E-state index contributed by atoms with van der Waals surface area (Å²) in [6, 6.07) is 12.0. The van der Waals surface area contributed by atoms with E-state index in [1.54, 1.807) is 12.3 Å². The van der Waals surface area contributed by atoms with Gasteiger partial charge in [0.25, 0.3) is 5.91 Å². The van der Waals surface area contributed by atoms with Gasteiger partial charge in [-0.15, -0.1) is 0 Å². The fourth-order valence-corrected chi connectivity index (χ4v) is 5.26. The number of carbonyl (C=O) groups is 2. The molecule has 4 rings (SSSR count). The second-order valence-corrected chi connectivity index (χ2v) is 10.4. The predicted octanol–water partition coefficient (Wildman–Crippen LogP) is 5.48. The van der Waals surface area contributed by atoms with Crippen molar-refractivity contribution in [2.75, 3.05) is 23.3 Å². The van der Waals surface area contributed by atoms with Crippen LogP contribution < -0.4 is 15.5 Å². The Hall–Kier alpha value is -3.41. The lowest BCUT2D eigenvalue weighted by molar-refractivity contribution is -0.118. The Labute approximate surface area is 208 Å². The number of nitrogens with zero attached hydrogens (tertiary/aromatic N) is 2. The van der Waals surface area contributed by atoms with Gasteiger partial charge in [-0.2, -0.15) is 0 Å². The van der Waals surface area contributed by atoms with Crippen LogP contribution in [0.2, 0.25) is 0 Å². The van der Waals surface area contributed by atoms with Gasteiger partial charge in [-0.3, -0.25) is 9.59 Å². The minimum atomic E-state index is -0.425. The Morgan fingerprint density at radius 2 is 1.77 bits per heavy atom. The quantitative estimate of drug-likeness (QED) is 0.582. The van der Waals surface area contributed by atoms with Gasteiger partial charge < -0.3 is 15.5 Å². The van der Waals surface area contributed by atoms with Gasteiger partial charge in [-0.1, -0.05) is 32.0 Å². The van der Waals surface area contributed by atoms with E-state index in [1.165, 1.54) is 0 Å². The number of allylic oxidation sites excluding steroid dienone is 3. The maximum atomic E-state index is 13.6. The molecule has 2 aromatic rings. The molecule has 0 fully saturated rings. The molecule has 184 valence electrons. The number of aromatic nitrogens is 1.